The number of amides is 1. The molecular weight excluding hydrogens is 272 g/mol. The molecule has 0 aliphatic rings. The predicted octanol–water partition coefficient (Wildman–Crippen LogP) is 1.91. The molecule has 0 bridgehead atoms. The number of hydrogen-bond donors (Lipinski definition) is 0. The van der Waals surface area contributed by atoms with Crippen LogP contribution in [0.5, 0.6) is 0 Å². The van der Waals surface area contributed by atoms with Crippen molar-refractivity contribution in [2.24, 2.45) is 7.05 Å². The standard InChI is InChI=1S/C14H16N4O3/c1-10-12(8-15-17(10)3)9-16(2)14(19)11-4-6-13(7-5-11)18(20)21/h4-8H,9H2,1-3H3. The summed E-state index contributed by atoms with van der Waals surface area (Å²) < 4.78 is 1.75. The zero-order valence-corrected chi connectivity index (χ0v) is 12.1. The van der Waals surface area contributed by atoms with Crippen LogP contribution in [0.25, 0.3) is 0 Å². The molecule has 1 amide bonds. The van der Waals surface area contributed by atoms with Gasteiger partial charge >= 0.3 is 0 Å². The zero-order valence-electron chi connectivity index (χ0n) is 12.1. The van der Waals surface area contributed by atoms with Gasteiger partial charge in [-0.25, -0.2) is 0 Å². The molecule has 0 unspecified atom stereocenters. The molecule has 0 N–H and O–H groups in total. The van der Waals surface area contributed by atoms with Crippen molar-refractivity contribution in [2.75, 3.05) is 7.05 Å². The van der Waals surface area contributed by atoms with Crippen LogP contribution in [0, 0.1) is 17.0 Å². The largest absolute Gasteiger partial charge is 0.337 e. The van der Waals surface area contributed by atoms with Gasteiger partial charge in [-0.2, -0.15) is 5.10 Å². The molecule has 1 aromatic carbocycles. The minimum atomic E-state index is -0.489. The van der Waals surface area contributed by atoms with Crippen LogP contribution in [0.4, 0.5) is 5.69 Å². The van der Waals surface area contributed by atoms with E-state index in [1.165, 1.54) is 24.3 Å². The van der Waals surface area contributed by atoms with Gasteiger partial charge < -0.3 is 4.90 Å². The lowest BCUT2D eigenvalue weighted by atomic mass is 10.1. The molecule has 0 saturated carbocycles. The lowest BCUT2D eigenvalue weighted by molar-refractivity contribution is -0.384. The first-order valence-electron chi connectivity index (χ1n) is 6.37. The highest BCUT2D eigenvalue weighted by atomic mass is 16.6. The number of carbonyl (C=O) groups is 1. The number of carbonyl (C=O) groups excluding carboxylic acids is 1. The number of rotatable bonds is 4. The first-order chi connectivity index (χ1) is 9.90. The van der Waals surface area contributed by atoms with Gasteiger partial charge in [0.25, 0.3) is 11.6 Å². The fourth-order valence-corrected chi connectivity index (χ4v) is 1.97. The number of non-ortho nitro benzene ring substituents is 1. The topological polar surface area (TPSA) is 81.3 Å². The van der Waals surface area contributed by atoms with E-state index in [0.717, 1.165) is 11.3 Å². The number of hydrogen-bond acceptors (Lipinski definition) is 4. The molecule has 0 aliphatic carbocycles. The molecule has 0 aliphatic heterocycles. The second-order valence-corrected chi connectivity index (χ2v) is 4.84. The van der Waals surface area contributed by atoms with Crippen molar-refractivity contribution in [3.63, 3.8) is 0 Å². The normalized spacial score (nSPS) is 10.4. The highest BCUT2D eigenvalue weighted by molar-refractivity contribution is 5.94. The molecule has 0 radical (unpaired) electrons. The Morgan fingerprint density at radius 1 is 1.38 bits per heavy atom. The van der Waals surface area contributed by atoms with Crippen LogP contribution in [0.2, 0.25) is 0 Å². The minimum Gasteiger partial charge on any atom is -0.337 e. The smallest absolute Gasteiger partial charge is 0.269 e. The van der Waals surface area contributed by atoms with E-state index >= 15 is 0 Å². The van der Waals surface area contributed by atoms with Crippen molar-refractivity contribution < 1.29 is 9.72 Å². The van der Waals surface area contributed by atoms with E-state index in [1.54, 1.807) is 22.8 Å². The number of nitro benzene ring substituents is 1. The molecule has 1 heterocycles. The molecule has 0 fully saturated rings. The highest BCUT2D eigenvalue weighted by Crippen LogP contribution is 2.15. The number of benzene rings is 1. The molecule has 0 spiro atoms. The van der Waals surface area contributed by atoms with E-state index in [2.05, 4.69) is 5.10 Å². The van der Waals surface area contributed by atoms with Crippen LogP contribution < -0.4 is 0 Å². The summed E-state index contributed by atoms with van der Waals surface area (Å²) in [7, 11) is 3.53. The summed E-state index contributed by atoms with van der Waals surface area (Å²) in [4.78, 5) is 23.9. The lowest BCUT2D eigenvalue weighted by Gasteiger charge is -2.17. The third kappa shape index (κ3) is 3.07. The van der Waals surface area contributed by atoms with E-state index in [1.807, 2.05) is 14.0 Å². The summed E-state index contributed by atoms with van der Waals surface area (Å²) in [5.41, 5.74) is 2.36. The Hall–Kier alpha value is -2.70. The summed E-state index contributed by atoms with van der Waals surface area (Å²) in [5.74, 6) is -0.187. The van der Waals surface area contributed by atoms with Crippen molar-refractivity contribution in [1.29, 1.82) is 0 Å². The molecule has 0 saturated heterocycles. The summed E-state index contributed by atoms with van der Waals surface area (Å²) in [6, 6.07) is 5.59. The third-order valence-corrected chi connectivity index (χ3v) is 3.42. The monoisotopic (exact) mass is 288 g/mol. The zero-order chi connectivity index (χ0) is 15.6. The SMILES string of the molecule is Cc1c(CN(C)C(=O)c2ccc([N+](=O)[O-])cc2)cnn1C. The summed E-state index contributed by atoms with van der Waals surface area (Å²) in [6.07, 6.45) is 1.73. The summed E-state index contributed by atoms with van der Waals surface area (Å²) in [5, 5.41) is 14.7. The van der Waals surface area contributed by atoms with Gasteiger partial charge in [0, 0.05) is 49.6 Å². The van der Waals surface area contributed by atoms with Crippen molar-refractivity contribution in [3.05, 3.63) is 57.4 Å². The Kier molecular flexibility index (Phi) is 4.02. The van der Waals surface area contributed by atoms with Gasteiger partial charge in [-0.05, 0) is 19.1 Å². The molecular formula is C14H16N4O3. The maximum absolute atomic E-state index is 12.3. The van der Waals surface area contributed by atoms with Gasteiger partial charge in [0.2, 0.25) is 0 Å². The molecule has 1 aromatic heterocycles. The molecule has 7 heteroatoms. The molecule has 21 heavy (non-hydrogen) atoms. The van der Waals surface area contributed by atoms with E-state index < -0.39 is 4.92 Å². The third-order valence-electron chi connectivity index (χ3n) is 3.42. The quantitative estimate of drug-likeness (QED) is 0.635. The second kappa shape index (κ2) is 5.74. The first kappa shape index (κ1) is 14.7. The van der Waals surface area contributed by atoms with E-state index in [4.69, 9.17) is 0 Å². The van der Waals surface area contributed by atoms with Gasteiger partial charge in [0.1, 0.15) is 0 Å². The van der Waals surface area contributed by atoms with Crippen molar-refractivity contribution in [3.8, 4) is 0 Å². The highest BCUT2D eigenvalue weighted by Gasteiger charge is 2.15. The fourth-order valence-electron chi connectivity index (χ4n) is 1.97. The first-order valence-corrected chi connectivity index (χ1v) is 6.37. The van der Waals surface area contributed by atoms with E-state index in [0.29, 0.717) is 12.1 Å². The average molecular weight is 288 g/mol. The Morgan fingerprint density at radius 3 is 2.48 bits per heavy atom. The lowest BCUT2D eigenvalue weighted by Crippen LogP contribution is -2.26. The number of nitrogens with zero attached hydrogens (tertiary/aromatic N) is 4. The second-order valence-electron chi connectivity index (χ2n) is 4.84. The van der Waals surface area contributed by atoms with Gasteiger partial charge in [-0.1, -0.05) is 0 Å². The summed E-state index contributed by atoms with van der Waals surface area (Å²) >= 11 is 0. The Morgan fingerprint density at radius 2 is 2.00 bits per heavy atom. The average Bonchev–Trinajstić information content (AvgIpc) is 2.78. The van der Waals surface area contributed by atoms with Gasteiger partial charge in [0.05, 0.1) is 11.1 Å². The van der Waals surface area contributed by atoms with Crippen molar-refractivity contribution in [1.82, 2.24) is 14.7 Å². The van der Waals surface area contributed by atoms with Gasteiger partial charge in [-0.3, -0.25) is 19.6 Å². The molecule has 0 atom stereocenters. The Labute approximate surface area is 121 Å². The van der Waals surface area contributed by atoms with Crippen LogP contribution in [-0.2, 0) is 13.6 Å². The van der Waals surface area contributed by atoms with E-state index in [-0.39, 0.29) is 11.6 Å². The number of aryl methyl sites for hydroxylation is 1. The van der Waals surface area contributed by atoms with Crippen LogP contribution in [0.1, 0.15) is 21.6 Å². The summed E-state index contributed by atoms with van der Waals surface area (Å²) in [6.45, 7) is 2.38. The molecule has 7 nitrogen and oxygen atoms in total. The maximum Gasteiger partial charge on any atom is 0.269 e. The maximum atomic E-state index is 12.3. The predicted molar refractivity (Wildman–Crippen MR) is 76.8 cm³/mol. The number of nitro groups is 1. The fraction of sp³-hybridized carbons (Fsp3) is 0.286. The molecule has 2 aromatic rings. The van der Waals surface area contributed by atoms with Crippen molar-refractivity contribution >= 4 is 11.6 Å². The Balaban J connectivity index is 2.12. The molecule has 110 valence electrons. The van der Waals surface area contributed by atoms with Crippen LogP contribution in [0.3, 0.4) is 0 Å². The van der Waals surface area contributed by atoms with Crippen LogP contribution in [0.15, 0.2) is 30.5 Å². The Bertz CT molecular complexity index is 676. The number of aromatic nitrogens is 2. The van der Waals surface area contributed by atoms with Gasteiger partial charge in [-0.15, -0.1) is 0 Å². The van der Waals surface area contributed by atoms with Crippen LogP contribution in [-0.4, -0.2) is 32.6 Å². The molecule has 2 rings (SSSR count). The van der Waals surface area contributed by atoms with E-state index in [9.17, 15) is 14.9 Å². The van der Waals surface area contributed by atoms with Crippen LogP contribution >= 0.6 is 0 Å². The van der Waals surface area contributed by atoms with Crippen molar-refractivity contribution in [2.45, 2.75) is 13.5 Å². The minimum absolute atomic E-state index is 0.0303. The van der Waals surface area contributed by atoms with Gasteiger partial charge in [0.15, 0.2) is 0 Å².